The molecule has 3 fully saturated rings. The lowest BCUT2D eigenvalue weighted by molar-refractivity contribution is -0.898. The second-order valence-electron chi connectivity index (χ2n) is 9.08. The fourth-order valence-corrected chi connectivity index (χ4v) is 6.08. The van der Waals surface area contributed by atoms with Crippen molar-refractivity contribution in [2.24, 2.45) is 17.8 Å². The highest BCUT2D eigenvalue weighted by Gasteiger charge is 2.60. The number of aliphatic hydroxyl groups excluding tert-OH is 1. The average molecular weight is 362 g/mol. The first-order valence-electron chi connectivity index (χ1n) is 10.1. The van der Waals surface area contributed by atoms with Crippen LogP contribution in [0.15, 0.2) is 11.3 Å². The molecule has 0 aromatic rings. The van der Waals surface area contributed by atoms with E-state index in [0.717, 1.165) is 42.3 Å². The largest absolute Gasteiger partial charge is 0.543 e. The van der Waals surface area contributed by atoms with Crippen LogP contribution in [-0.4, -0.2) is 65.2 Å². The number of likely N-dealkylation sites (tertiary alicyclic amines) is 1. The molecule has 5 atom stereocenters. The van der Waals surface area contributed by atoms with Crippen LogP contribution in [0, 0.1) is 17.8 Å². The molecule has 1 amide bonds. The quantitative estimate of drug-likeness (QED) is 0.562. The Morgan fingerprint density at radius 3 is 2.62 bits per heavy atom. The normalized spacial score (nSPS) is 36.6. The van der Waals surface area contributed by atoms with Crippen molar-refractivity contribution in [3.63, 3.8) is 0 Å². The summed E-state index contributed by atoms with van der Waals surface area (Å²) in [6.07, 6.45) is 5.76. The molecule has 0 bridgehead atoms. The Balaban J connectivity index is 1.60. The van der Waals surface area contributed by atoms with E-state index >= 15 is 0 Å². The smallest absolute Gasteiger partial charge is 0.235 e. The first kappa shape index (κ1) is 18.0. The molecule has 2 saturated heterocycles. The predicted octanol–water partition coefficient (Wildman–Crippen LogP) is 0.259. The van der Waals surface area contributed by atoms with Gasteiger partial charge in [-0.25, -0.2) is 0 Å². The van der Waals surface area contributed by atoms with Crippen molar-refractivity contribution in [2.75, 3.05) is 26.7 Å². The number of amides is 1. The minimum absolute atomic E-state index is 0.0860. The molecule has 6 heteroatoms. The van der Waals surface area contributed by atoms with Crippen LogP contribution in [-0.2, 0) is 9.59 Å². The number of quaternary nitrogens is 1. The molecule has 1 saturated carbocycles. The molecule has 4 rings (SSSR count). The SMILES string of the molecule is C[C@@H](O)[C@H]1C(=O)N2C(C(=O)[O-])=C3[C@@H](CC[N+]4(C)CCCC4)CCC[C@@H]3[C@H]12. The third kappa shape index (κ3) is 2.61. The second kappa shape index (κ2) is 6.34. The Bertz CT molecular complexity index is 650. The minimum Gasteiger partial charge on any atom is -0.543 e. The molecule has 0 unspecified atom stereocenters. The van der Waals surface area contributed by atoms with Crippen LogP contribution >= 0.6 is 0 Å². The zero-order chi connectivity index (χ0) is 18.6. The number of hydrogen-bond donors (Lipinski definition) is 1. The van der Waals surface area contributed by atoms with Gasteiger partial charge in [0, 0.05) is 25.2 Å². The monoisotopic (exact) mass is 362 g/mol. The zero-order valence-corrected chi connectivity index (χ0v) is 15.8. The van der Waals surface area contributed by atoms with Gasteiger partial charge < -0.3 is 24.4 Å². The third-order valence-electron chi connectivity index (χ3n) is 7.40. The Labute approximate surface area is 155 Å². The highest BCUT2D eigenvalue weighted by atomic mass is 16.4. The summed E-state index contributed by atoms with van der Waals surface area (Å²) in [5.41, 5.74) is 1.08. The number of carboxylic acid groups (broad SMARTS) is 1. The molecule has 0 spiro atoms. The van der Waals surface area contributed by atoms with Crippen molar-refractivity contribution in [3.8, 4) is 0 Å². The fourth-order valence-electron chi connectivity index (χ4n) is 6.08. The summed E-state index contributed by atoms with van der Waals surface area (Å²) in [6, 6.07) is -0.176. The van der Waals surface area contributed by atoms with Gasteiger partial charge in [0.1, 0.15) is 0 Å². The second-order valence-corrected chi connectivity index (χ2v) is 9.08. The number of aliphatic carboxylic acids is 1. The maximum atomic E-state index is 12.5. The summed E-state index contributed by atoms with van der Waals surface area (Å²) in [7, 11) is 2.30. The van der Waals surface area contributed by atoms with Crippen molar-refractivity contribution in [1.82, 2.24) is 4.90 Å². The summed E-state index contributed by atoms with van der Waals surface area (Å²) >= 11 is 0. The van der Waals surface area contributed by atoms with Crippen LogP contribution in [0.3, 0.4) is 0 Å². The molecule has 26 heavy (non-hydrogen) atoms. The Morgan fingerprint density at radius 1 is 1.31 bits per heavy atom. The van der Waals surface area contributed by atoms with Crippen LogP contribution in [0.25, 0.3) is 0 Å². The van der Waals surface area contributed by atoms with Crippen LogP contribution < -0.4 is 5.11 Å². The Kier molecular flexibility index (Phi) is 4.39. The van der Waals surface area contributed by atoms with E-state index in [4.69, 9.17) is 0 Å². The van der Waals surface area contributed by atoms with Gasteiger partial charge in [-0.15, -0.1) is 0 Å². The lowest BCUT2D eigenvalue weighted by Gasteiger charge is -2.48. The van der Waals surface area contributed by atoms with E-state index in [1.807, 2.05) is 0 Å². The topological polar surface area (TPSA) is 80.7 Å². The molecule has 3 heterocycles. The van der Waals surface area contributed by atoms with Gasteiger partial charge in [0.25, 0.3) is 0 Å². The van der Waals surface area contributed by atoms with Gasteiger partial charge in [-0.1, -0.05) is 6.42 Å². The van der Waals surface area contributed by atoms with Crippen molar-refractivity contribution in [3.05, 3.63) is 11.3 Å². The number of fused-ring (bicyclic) bond motifs is 3. The summed E-state index contributed by atoms with van der Waals surface area (Å²) < 4.78 is 1.08. The standard InChI is InChI=1S/C20H30N2O4/c1-12(23)15-17-14-7-5-6-13(8-11-22(2)9-3-4-10-22)16(14)18(20(25)26)21(17)19(15)24/h12-15,17,23H,3-11H2,1-2H3/t12-,13-,14+,15-,17-/m1/s1. The Hall–Kier alpha value is -1.40. The lowest BCUT2D eigenvalue weighted by atomic mass is 9.68. The summed E-state index contributed by atoms with van der Waals surface area (Å²) in [6.45, 7) is 5.12. The fraction of sp³-hybridized carbons (Fsp3) is 0.800. The van der Waals surface area contributed by atoms with Gasteiger partial charge in [0.15, 0.2) is 0 Å². The molecule has 4 aliphatic rings. The molecule has 144 valence electrons. The number of aliphatic hydroxyl groups is 1. The van der Waals surface area contributed by atoms with Gasteiger partial charge >= 0.3 is 0 Å². The average Bonchev–Trinajstić information content (AvgIpc) is 3.13. The minimum atomic E-state index is -1.22. The number of carbonyl (C=O) groups is 2. The zero-order valence-electron chi connectivity index (χ0n) is 15.8. The maximum Gasteiger partial charge on any atom is 0.235 e. The molecule has 6 nitrogen and oxygen atoms in total. The number of β-lactam (4-membered cyclic amide) rings is 1. The molecule has 1 N–H and O–H groups in total. The van der Waals surface area contributed by atoms with Gasteiger partial charge in [0.05, 0.1) is 56.4 Å². The van der Waals surface area contributed by atoms with Crippen LogP contribution in [0.1, 0.15) is 45.4 Å². The van der Waals surface area contributed by atoms with E-state index in [0.29, 0.717) is 0 Å². The van der Waals surface area contributed by atoms with E-state index in [2.05, 4.69) is 7.05 Å². The van der Waals surface area contributed by atoms with Crippen molar-refractivity contribution >= 4 is 11.9 Å². The van der Waals surface area contributed by atoms with E-state index in [-0.39, 0.29) is 29.5 Å². The number of nitrogens with zero attached hydrogens (tertiary/aromatic N) is 2. The number of carboxylic acids is 1. The van der Waals surface area contributed by atoms with Gasteiger partial charge in [-0.3, -0.25) is 4.79 Å². The molecular weight excluding hydrogens is 332 g/mol. The first-order chi connectivity index (χ1) is 12.3. The van der Waals surface area contributed by atoms with E-state index in [1.54, 1.807) is 6.92 Å². The van der Waals surface area contributed by atoms with E-state index in [9.17, 15) is 19.8 Å². The van der Waals surface area contributed by atoms with Crippen LogP contribution in [0.5, 0.6) is 0 Å². The van der Waals surface area contributed by atoms with Gasteiger partial charge in [-0.05, 0) is 31.3 Å². The van der Waals surface area contributed by atoms with Crippen LogP contribution in [0.2, 0.25) is 0 Å². The molecular formula is C20H30N2O4. The predicted molar refractivity (Wildman–Crippen MR) is 93.3 cm³/mol. The first-order valence-corrected chi connectivity index (χ1v) is 10.1. The van der Waals surface area contributed by atoms with E-state index < -0.39 is 18.0 Å². The number of rotatable bonds is 5. The van der Waals surface area contributed by atoms with Crippen molar-refractivity contribution in [2.45, 2.75) is 57.6 Å². The molecule has 0 aromatic heterocycles. The highest BCUT2D eigenvalue weighted by molar-refractivity contribution is 5.99. The summed E-state index contributed by atoms with van der Waals surface area (Å²) in [5.74, 6) is -1.62. The number of hydrogen-bond acceptors (Lipinski definition) is 4. The summed E-state index contributed by atoms with van der Waals surface area (Å²) in [4.78, 5) is 25.9. The molecule has 0 radical (unpaired) electrons. The van der Waals surface area contributed by atoms with Gasteiger partial charge in [0.2, 0.25) is 5.91 Å². The van der Waals surface area contributed by atoms with Gasteiger partial charge in [-0.2, -0.15) is 0 Å². The summed E-state index contributed by atoms with van der Waals surface area (Å²) in [5, 5.41) is 21.9. The maximum absolute atomic E-state index is 12.5. The van der Waals surface area contributed by atoms with Crippen molar-refractivity contribution < 1.29 is 24.3 Å². The van der Waals surface area contributed by atoms with Crippen molar-refractivity contribution in [1.29, 1.82) is 0 Å². The molecule has 1 aliphatic carbocycles. The highest BCUT2D eigenvalue weighted by Crippen LogP contribution is 2.54. The molecule has 0 aromatic carbocycles. The lowest BCUT2D eigenvalue weighted by Crippen LogP contribution is -2.64. The number of carbonyl (C=O) groups excluding carboxylic acids is 2. The molecule has 3 aliphatic heterocycles. The van der Waals surface area contributed by atoms with E-state index in [1.165, 1.54) is 30.8 Å². The van der Waals surface area contributed by atoms with Crippen LogP contribution in [0.4, 0.5) is 0 Å². The third-order valence-corrected chi connectivity index (χ3v) is 7.40. The Morgan fingerprint density at radius 2 is 2.00 bits per heavy atom.